The van der Waals surface area contributed by atoms with Gasteiger partial charge >= 0.3 is 0 Å². The van der Waals surface area contributed by atoms with Gasteiger partial charge in [-0.1, -0.05) is 11.6 Å². The number of amides is 2. The van der Waals surface area contributed by atoms with Crippen LogP contribution in [0, 0.1) is 0 Å². The third-order valence-electron chi connectivity index (χ3n) is 1.54. The SMILES string of the molecule is O=C(CCl)NNC(=O)c1ccc(Cl)cc1. The van der Waals surface area contributed by atoms with Gasteiger partial charge in [0.2, 0.25) is 0 Å². The van der Waals surface area contributed by atoms with Crippen molar-refractivity contribution in [1.82, 2.24) is 10.9 Å². The predicted octanol–water partition coefficient (Wildman–Crippen LogP) is 1.34. The molecule has 0 saturated heterocycles. The summed E-state index contributed by atoms with van der Waals surface area (Å²) in [5.41, 5.74) is 4.74. The summed E-state index contributed by atoms with van der Waals surface area (Å²) in [7, 11) is 0. The monoisotopic (exact) mass is 246 g/mol. The maximum atomic E-state index is 11.4. The minimum Gasteiger partial charge on any atom is -0.272 e. The quantitative estimate of drug-likeness (QED) is 0.612. The zero-order chi connectivity index (χ0) is 11.3. The van der Waals surface area contributed by atoms with E-state index in [2.05, 4.69) is 10.9 Å². The first-order valence-corrected chi connectivity index (χ1v) is 4.95. The molecule has 6 heteroatoms. The number of halogens is 2. The lowest BCUT2D eigenvalue weighted by atomic mass is 10.2. The van der Waals surface area contributed by atoms with Crippen molar-refractivity contribution in [1.29, 1.82) is 0 Å². The van der Waals surface area contributed by atoms with Crippen LogP contribution < -0.4 is 10.9 Å². The van der Waals surface area contributed by atoms with Gasteiger partial charge in [-0.2, -0.15) is 0 Å². The number of nitrogens with one attached hydrogen (secondary N) is 2. The predicted molar refractivity (Wildman–Crippen MR) is 57.8 cm³/mol. The Kier molecular flexibility index (Phi) is 4.39. The van der Waals surface area contributed by atoms with Crippen molar-refractivity contribution in [2.45, 2.75) is 0 Å². The molecule has 2 amide bonds. The van der Waals surface area contributed by atoms with Gasteiger partial charge in [-0.05, 0) is 24.3 Å². The highest BCUT2D eigenvalue weighted by molar-refractivity contribution is 6.30. The highest BCUT2D eigenvalue weighted by Crippen LogP contribution is 2.08. The second-order valence-corrected chi connectivity index (χ2v) is 3.35. The van der Waals surface area contributed by atoms with Gasteiger partial charge < -0.3 is 0 Å². The second-order valence-electron chi connectivity index (χ2n) is 2.64. The van der Waals surface area contributed by atoms with E-state index in [1.165, 1.54) is 0 Å². The molecule has 80 valence electrons. The summed E-state index contributed by atoms with van der Waals surface area (Å²) in [5, 5.41) is 0.538. The van der Waals surface area contributed by atoms with Crippen molar-refractivity contribution >= 4 is 35.0 Å². The lowest BCUT2D eigenvalue weighted by Gasteiger charge is -2.05. The molecule has 0 bridgehead atoms. The molecule has 0 unspecified atom stereocenters. The first-order chi connectivity index (χ1) is 7.13. The molecule has 1 aromatic carbocycles. The minimum absolute atomic E-state index is 0.207. The van der Waals surface area contributed by atoms with Crippen LogP contribution in [0.1, 0.15) is 10.4 Å². The molecule has 0 saturated carbocycles. The van der Waals surface area contributed by atoms with Gasteiger partial charge in [-0.3, -0.25) is 20.4 Å². The summed E-state index contributed by atoms with van der Waals surface area (Å²) >= 11 is 10.9. The Labute approximate surface area is 96.5 Å². The minimum atomic E-state index is -0.473. The largest absolute Gasteiger partial charge is 0.272 e. The Bertz CT molecular complexity index is 365. The molecular weight excluding hydrogens is 239 g/mol. The van der Waals surface area contributed by atoms with Gasteiger partial charge in [0.05, 0.1) is 0 Å². The number of carbonyl (C=O) groups is 2. The molecule has 0 aliphatic heterocycles. The van der Waals surface area contributed by atoms with Gasteiger partial charge in [-0.15, -0.1) is 11.6 Å². The van der Waals surface area contributed by atoms with Crippen molar-refractivity contribution in [3.63, 3.8) is 0 Å². The van der Waals surface area contributed by atoms with Crippen molar-refractivity contribution < 1.29 is 9.59 Å². The van der Waals surface area contributed by atoms with E-state index in [4.69, 9.17) is 23.2 Å². The molecule has 0 aliphatic carbocycles. The molecule has 0 aromatic heterocycles. The second kappa shape index (κ2) is 5.58. The Hall–Kier alpha value is -1.26. The third kappa shape index (κ3) is 3.77. The van der Waals surface area contributed by atoms with Gasteiger partial charge in [0.25, 0.3) is 11.8 Å². The lowest BCUT2D eigenvalue weighted by molar-refractivity contribution is -0.119. The Morgan fingerprint density at radius 1 is 1.13 bits per heavy atom. The van der Waals surface area contributed by atoms with E-state index in [1.807, 2.05) is 0 Å². The highest BCUT2D eigenvalue weighted by Gasteiger charge is 2.05. The van der Waals surface area contributed by atoms with Crippen LogP contribution >= 0.6 is 23.2 Å². The van der Waals surface area contributed by atoms with E-state index in [0.29, 0.717) is 10.6 Å². The van der Waals surface area contributed by atoms with E-state index in [0.717, 1.165) is 0 Å². The molecule has 1 rings (SSSR count). The van der Waals surface area contributed by atoms with E-state index in [1.54, 1.807) is 24.3 Å². The first kappa shape index (κ1) is 11.8. The smallest absolute Gasteiger partial charge is 0.269 e. The Morgan fingerprint density at radius 3 is 2.27 bits per heavy atom. The number of hydrogen-bond acceptors (Lipinski definition) is 2. The molecule has 0 spiro atoms. The summed E-state index contributed by atoms with van der Waals surface area (Å²) in [6.45, 7) is 0. The van der Waals surface area contributed by atoms with Gasteiger partial charge in [0.15, 0.2) is 0 Å². The summed E-state index contributed by atoms with van der Waals surface area (Å²) in [6, 6.07) is 6.26. The summed E-state index contributed by atoms with van der Waals surface area (Å²) in [5.74, 6) is -1.11. The normalized spacial score (nSPS) is 9.47. The van der Waals surface area contributed by atoms with Crippen LogP contribution in [-0.2, 0) is 4.79 Å². The van der Waals surface area contributed by atoms with Crippen LogP contribution in [0.4, 0.5) is 0 Å². The molecule has 0 radical (unpaired) electrons. The molecule has 0 atom stereocenters. The van der Waals surface area contributed by atoms with Crippen molar-refractivity contribution in [2.75, 3.05) is 5.88 Å². The summed E-state index contributed by atoms with van der Waals surface area (Å²) in [4.78, 5) is 22.1. The zero-order valence-corrected chi connectivity index (χ0v) is 9.10. The molecule has 0 aliphatic rings. The average Bonchev–Trinajstić information content (AvgIpc) is 2.26. The van der Waals surface area contributed by atoms with Crippen LogP contribution in [0.3, 0.4) is 0 Å². The van der Waals surface area contributed by atoms with Crippen LogP contribution in [-0.4, -0.2) is 17.7 Å². The fraction of sp³-hybridized carbons (Fsp3) is 0.111. The van der Waals surface area contributed by atoms with E-state index < -0.39 is 11.8 Å². The number of alkyl halides is 1. The average molecular weight is 247 g/mol. The summed E-state index contributed by atoms with van der Waals surface area (Å²) in [6.07, 6.45) is 0. The molecule has 15 heavy (non-hydrogen) atoms. The lowest BCUT2D eigenvalue weighted by Crippen LogP contribution is -2.42. The fourth-order valence-corrected chi connectivity index (χ4v) is 1.03. The van der Waals surface area contributed by atoms with Crippen molar-refractivity contribution in [2.24, 2.45) is 0 Å². The van der Waals surface area contributed by atoms with Gasteiger partial charge in [0, 0.05) is 10.6 Å². The highest BCUT2D eigenvalue weighted by atomic mass is 35.5. The van der Waals surface area contributed by atoms with Crippen LogP contribution in [0.25, 0.3) is 0 Å². The number of hydrogen-bond donors (Lipinski definition) is 2. The molecule has 0 heterocycles. The third-order valence-corrected chi connectivity index (χ3v) is 2.04. The standard InChI is InChI=1S/C9H8Cl2N2O2/c10-5-8(14)12-13-9(15)6-1-3-7(11)4-2-6/h1-4H,5H2,(H,12,14)(H,13,15). The Morgan fingerprint density at radius 2 is 1.73 bits per heavy atom. The van der Waals surface area contributed by atoms with Crippen molar-refractivity contribution in [3.05, 3.63) is 34.9 Å². The zero-order valence-electron chi connectivity index (χ0n) is 7.59. The fourth-order valence-electron chi connectivity index (χ4n) is 0.833. The topological polar surface area (TPSA) is 58.2 Å². The first-order valence-electron chi connectivity index (χ1n) is 4.04. The van der Waals surface area contributed by atoms with Crippen LogP contribution in [0.5, 0.6) is 0 Å². The number of rotatable bonds is 2. The maximum absolute atomic E-state index is 11.4. The van der Waals surface area contributed by atoms with E-state index in [9.17, 15) is 9.59 Å². The van der Waals surface area contributed by atoms with Crippen LogP contribution in [0.2, 0.25) is 5.02 Å². The molecular formula is C9H8Cl2N2O2. The summed E-state index contributed by atoms with van der Waals surface area (Å²) < 4.78 is 0. The molecule has 0 fully saturated rings. The molecule has 4 nitrogen and oxygen atoms in total. The number of carbonyl (C=O) groups excluding carboxylic acids is 2. The number of benzene rings is 1. The molecule has 1 aromatic rings. The number of hydrazine groups is 1. The van der Waals surface area contributed by atoms with Crippen LogP contribution in [0.15, 0.2) is 24.3 Å². The van der Waals surface area contributed by atoms with E-state index >= 15 is 0 Å². The van der Waals surface area contributed by atoms with E-state index in [-0.39, 0.29) is 5.88 Å². The van der Waals surface area contributed by atoms with Gasteiger partial charge in [0.1, 0.15) is 5.88 Å². The van der Waals surface area contributed by atoms with Crippen molar-refractivity contribution in [3.8, 4) is 0 Å². The maximum Gasteiger partial charge on any atom is 0.269 e. The van der Waals surface area contributed by atoms with Gasteiger partial charge in [-0.25, -0.2) is 0 Å². The Balaban J connectivity index is 2.54. The molecule has 2 N–H and O–H groups in total.